The molecule has 1 aromatic carbocycles. The van der Waals surface area contributed by atoms with Crippen molar-refractivity contribution in [3.05, 3.63) is 29.8 Å². The van der Waals surface area contributed by atoms with Crippen LogP contribution in [-0.2, 0) is 16.0 Å². The van der Waals surface area contributed by atoms with Gasteiger partial charge in [0, 0.05) is 12.6 Å². The number of rotatable bonds is 7. The summed E-state index contributed by atoms with van der Waals surface area (Å²) in [5.74, 6) is -0.113. The maximum atomic E-state index is 12.3. The van der Waals surface area contributed by atoms with Crippen molar-refractivity contribution >= 4 is 11.9 Å². The minimum Gasteiger partial charge on any atom is -0.497 e. The summed E-state index contributed by atoms with van der Waals surface area (Å²) in [6, 6.07) is 7.60. The quantitative estimate of drug-likeness (QED) is 0.823. The van der Waals surface area contributed by atoms with Crippen LogP contribution in [0.2, 0.25) is 0 Å². The second-order valence-corrected chi connectivity index (χ2v) is 4.99. The molecule has 0 radical (unpaired) electrons. The fourth-order valence-electron chi connectivity index (χ4n) is 2.13. The van der Waals surface area contributed by atoms with Crippen LogP contribution in [0.15, 0.2) is 24.3 Å². The molecule has 1 fully saturated rings. The van der Waals surface area contributed by atoms with Crippen LogP contribution in [0.1, 0.15) is 24.8 Å². The summed E-state index contributed by atoms with van der Waals surface area (Å²) in [6.45, 7) is 0.301. The minimum atomic E-state index is -0.868. The average molecular weight is 277 g/mol. The fraction of sp³-hybridized carbons (Fsp3) is 0.467. The molecule has 1 aromatic rings. The Hall–Kier alpha value is -2.04. The van der Waals surface area contributed by atoms with Gasteiger partial charge >= 0.3 is 5.97 Å². The van der Waals surface area contributed by atoms with E-state index in [4.69, 9.17) is 9.84 Å². The SMILES string of the molecule is COc1ccc(CC(=O)N(CCC(=O)O)C2CC2)cc1. The number of ether oxygens (including phenoxy) is 1. The first kappa shape index (κ1) is 14.4. The summed E-state index contributed by atoms with van der Waals surface area (Å²) in [4.78, 5) is 24.6. The molecule has 0 saturated heterocycles. The second-order valence-electron chi connectivity index (χ2n) is 4.99. The molecule has 0 aromatic heterocycles. The van der Waals surface area contributed by atoms with Crippen LogP contribution in [0.3, 0.4) is 0 Å². The second kappa shape index (κ2) is 6.41. The van der Waals surface area contributed by atoms with E-state index < -0.39 is 5.97 Å². The first-order valence-corrected chi connectivity index (χ1v) is 6.74. The molecule has 2 rings (SSSR count). The number of methoxy groups -OCH3 is 1. The highest BCUT2D eigenvalue weighted by atomic mass is 16.5. The Morgan fingerprint density at radius 2 is 1.95 bits per heavy atom. The van der Waals surface area contributed by atoms with Gasteiger partial charge in [-0.15, -0.1) is 0 Å². The van der Waals surface area contributed by atoms with E-state index in [2.05, 4.69) is 0 Å². The summed E-state index contributed by atoms with van der Waals surface area (Å²) in [6.07, 6.45) is 2.27. The molecule has 0 unspecified atom stereocenters. The van der Waals surface area contributed by atoms with E-state index in [0.717, 1.165) is 24.2 Å². The lowest BCUT2D eigenvalue weighted by Gasteiger charge is -2.21. The molecule has 5 nitrogen and oxygen atoms in total. The van der Waals surface area contributed by atoms with Gasteiger partial charge in [0.2, 0.25) is 5.91 Å². The number of nitrogens with zero attached hydrogens (tertiary/aromatic N) is 1. The van der Waals surface area contributed by atoms with Crippen molar-refractivity contribution in [2.75, 3.05) is 13.7 Å². The summed E-state index contributed by atoms with van der Waals surface area (Å²) < 4.78 is 5.07. The van der Waals surface area contributed by atoms with Crippen molar-refractivity contribution in [1.82, 2.24) is 4.90 Å². The van der Waals surface area contributed by atoms with Gasteiger partial charge in [-0.25, -0.2) is 0 Å². The molecule has 0 atom stereocenters. The fourth-order valence-corrected chi connectivity index (χ4v) is 2.13. The Labute approximate surface area is 118 Å². The summed E-state index contributed by atoms with van der Waals surface area (Å²) in [7, 11) is 1.60. The van der Waals surface area contributed by atoms with Crippen LogP contribution >= 0.6 is 0 Å². The first-order chi connectivity index (χ1) is 9.60. The predicted octanol–water partition coefficient (Wildman–Crippen LogP) is 1.70. The largest absolute Gasteiger partial charge is 0.497 e. The molecule has 0 spiro atoms. The zero-order valence-corrected chi connectivity index (χ0v) is 11.5. The van der Waals surface area contributed by atoms with Crippen molar-refractivity contribution < 1.29 is 19.4 Å². The van der Waals surface area contributed by atoms with Crippen LogP contribution in [-0.4, -0.2) is 41.6 Å². The molecule has 1 saturated carbocycles. The molecule has 5 heteroatoms. The lowest BCUT2D eigenvalue weighted by Crippen LogP contribution is -2.36. The molecular weight excluding hydrogens is 258 g/mol. The highest BCUT2D eigenvalue weighted by Crippen LogP contribution is 2.27. The minimum absolute atomic E-state index is 0.00100. The van der Waals surface area contributed by atoms with E-state index in [-0.39, 0.29) is 18.4 Å². The molecular formula is C15H19NO4. The van der Waals surface area contributed by atoms with Gasteiger partial charge in [0.15, 0.2) is 0 Å². The van der Waals surface area contributed by atoms with Gasteiger partial charge in [0.1, 0.15) is 5.75 Å². The average Bonchev–Trinajstić information content (AvgIpc) is 3.24. The van der Waals surface area contributed by atoms with E-state index >= 15 is 0 Å². The summed E-state index contributed by atoms with van der Waals surface area (Å²) in [5, 5.41) is 8.74. The van der Waals surface area contributed by atoms with Crippen molar-refractivity contribution in [3.8, 4) is 5.75 Å². The van der Waals surface area contributed by atoms with Crippen molar-refractivity contribution in [1.29, 1.82) is 0 Å². The number of hydrogen-bond donors (Lipinski definition) is 1. The van der Waals surface area contributed by atoms with E-state index in [0.29, 0.717) is 13.0 Å². The van der Waals surface area contributed by atoms with Gasteiger partial charge < -0.3 is 14.7 Å². The molecule has 0 heterocycles. The highest BCUT2D eigenvalue weighted by Gasteiger charge is 2.32. The third kappa shape index (κ3) is 3.98. The van der Waals surface area contributed by atoms with Crippen LogP contribution in [0.5, 0.6) is 5.75 Å². The smallest absolute Gasteiger partial charge is 0.305 e. The van der Waals surface area contributed by atoms with Gasteiger partial charge in [0.05, 0.1) is 20.0 Å². The molecule has 1 aliphatic carbocycles. The van der Waals surface area contributed by atoms with Gasteiger partial charge in [-0.05, 0) is 30.5 Å². The number of carbonyl (C=O) groups excluding carboxylic acids is 1. The molecule has 0 aliphatic heterocycles. The van der Waals surface area contributed by atoms with Crippen LogP contribution < -0.4 is 4.74 Å². The van der Waals surface area contributed by atoms with E-state index in [1.807, 2.05) is 24.3 Å². The summed E-state index contributed by atoms with van der Waals surface area (Å²) in [5.41, 5.74) is 0.914. The standard InChI is InChI=1S/C15H19NO4/c1-20-13-6-2-11(3-7-13)10-14(17)16(12-4-5-12)9-8-15(18)19/h2-3,6-7,12H,4-5,8-10H2,1H3,(H,18,19). The van der Waals surface area contributed by atoms with Crippen molar-refractivity contribution in [3.63, 3.8) is 0 Å². The van der Waals surface area contributed by atoms with Gasteiger partial charge in [0.25, 0.3) is 0 Å². The zero-order chi connectivity index (χ0) is 14.5. The van der Waals surface area contributed by atoms with E-state index in [1.165, 1.54) is 0 Å². The molecule has 1 amide bonds. The van der Waals surface area contributed by atoms with Gasteiger partial charge in [-0.2, -0.15) is 0 Å². The molecule has 1 aliphatic rings. The van der Waals surface area contributed by atoms with E-state index in [9.17, 15) is 9.59 Å². The zero-order valence-electron chi connectivity index (χ0n) is 11.5. The molecule has 20 heavy (non-hydrogen) atoms. The number of carboxylic acids is 1. The number of carboxylic acid groups (broad SMARTS) is 1. The van der Waals surface area contributed by atoms with Crippen LogP contribution in [0, 0.1) is 0 Å². The van der Waals surface area contributed by atoms with E-state index in [1.54, 1.807) is 12.0 Å². The lowest BCUT2D eigenvalue weighted by molar-refractivity contribution is -0.138. The highest BCUT2D eigenvalue weighted by molar-refractivity contribution is 5.80. The number of hydrogen-bond acceptors (Lipinski definition) is 3. The Morgan fingerprint density at radius 1 is 1.30 bits per heavy atom. The third-order valence-electron chi connectivity index (χ3n) is 3.39. The first-order valence-electron chi connectivity index (χ1n) is 6.74. The Bertz CT molecular complexity index is 479. The Morgan fingerprint density at radius 3 is 2.45 bits per heavy atom. The Balaban J connectivity index is 1.94. The van der Waals surface area contributed by atoms with Crippen LogP contribution in [0.4, 0.5) is 0 Å². The number of amides is 1. The number of carbonyl (C=O) groups is 2. The maximum absolute atomic E-state index is 12.3. The predicted molar refractivity (Wildman–Crippen MR) is 73.7 cm³/mol. The summed E-state index contributed by atoms with van der Waals surface area (Å²) >= 11 is 0. The molecule has 108 valence electrons. The van der Waals surface area contributed by atoms with Crippen LogP contribution in [0.25, 0.3) is 0 Å². The van der Waals surface area contributed by atoms with Crippen molar-refractivity contribution in [2.24, 2.45) is 0 Å². The monoisotopic (exact) mass is 277 g/mol. The normalized spacial score (nSPS) is 13.8. The van der Waals surface area contributed by atoms with Gasteiger partial charge in [-0.3, -0.25) is 9.59 Å². The lowest BCUT2D eigenvalue weighted by atomic mass is 10.1. The molecule has 1 N–H and O–H groups in total. The number of benzene rings is 1. The number of aliphatic carboxylic acids is 1. The van der Waals surface area contributed by atoms with Gasteiger partial charge in [-0.1, -0.05) is 12.1 Å². The Kier molecular flexibility index (Phi) is 4.61. The van der Waals surface area contributed by atoms with Crippen molar-refractivity contribution in [2.45, 2.75) is 31.7 Å². The maximum Gasteiger partial charge on any atom is 0.305 e. The molecule has 0 bridgehead atoms. The third-order valence-corrected chi connectivity index (χ3v) is 3.39. The topological polar surface area (TPSA) is 66.8 Å².